The van der Waals surface area contributed by atoms with Gasteiger partial charge in [-0.15, -0.1) is 0 Å². The molecule has 1 saturated heterocycles. The van der Waals surface area contributed by atoms with Gasteiger partial charge in [-0.05, 0) is 12.8 Å². The largest absolute Gasteiger partial charge is 0.382 e. The number of halogens is 2. The molecule has 0 aromatic heterocycles. The van der Waals surface area contributed by atoms with Crippen LogP contribution in [0, 0.1) is 22.0 Å². The first-order chi connectivity index (χ1) is 8.39. The van der Waals surface area contributed by atoms with Crippen molar-refractivity contribution in [2.45, 2.75) is 17.2 Å². The van der Waals surface area contributed by atoms with E-state index in [1.807, 2.05) is 6.92 Å². The highest BCUT2D eigenvalue weighted by atomic mass is 79.9. The highest BCUT2D eigenvalue weighted by Gasteiger charge is 2.43. The van der Waals surface area contributed by atoms with E-state index in [9.17, 15) is 10.1 Å². The fourth-order valence-electron chi connectivity index (χ4n) is 1.66. The lowest BCUT2D eigenvalue weighted by molar-refractivity contribution is -0.486. The molecule has 1 heterocycles. The molecule has 0 saturated carbocycles. The summed E-state index contributed by atoms with van der Waals surface area (Å²) in [4.78, 5) is 14.8. The second kappa shape index (κ2) is 6.81. The van der Waals surface area contributed by atoms with E-state index in [1.54, 1.807) is 0 Å². The lowest BCUT2D eigenvalue weighted by Crippen LogP contribution is -2.43. The van der Waals surface area contributed by atoms with Crippen LogP contribution in [0.15, 0.2) is 4.99 Å². The second-order valence-corrected chi connectivity index (χ2v) is 7.65. The Bertz CT molecular complexity index is 336. The average molecular weight is 387 g/mol. The first-order valence-electron chi connectivity index (χ1n) is 5.78. The van der Waals surface area contributed by atoms with E-state index in [0.717, 1.165) is 6.61 Å². The maximum Gasteiger partial charge on any atom is 0.382 e. The average Bonchev–Trinajstić information content (AvgIpc) is 2.69. The van der Waals surface area contributed by atoms with E-state index >= 15 is 0 Å². The predicted octanol–water partition coefficient (Wildman–Crippen LogP) is 2.00. The van der Waals surface area contributed by atoms with Crippen LogP contribution in [-0.2, 0) is 4.74 Å². The van der Waals surface area contributed by atoms with Crippen LogP contribution < -0.4 is 5.32 Å². The maximum absolute atomic E-state index is 11.0. The number of amidine groups is 1. The Hall–Kier alpha value is -0.210. The van der Waals surface area contributed by atoms with Crippen LogP contribution in [0.3, 0.4) is 0 Å². The molecular weight excluding hydrogens is 370 g/mol. The van der Waals surface area contributed by atoms with E-state index in [2.05, 4.69) is 49.1 Å². The molecule has 8 heteroatoms. The Morgan fingerprint density at radius 2 is 2.28 bits per heavy atom. The number of nitrogens with zero attached hydrogens (tertiary/aromatic N) is 2. The van der Waals surface area contributed by atoms with Crippen LogP contribution in [0.4, 0.5) is 0 Å². The predicted molar refractivity (Wildman–Crippen MR) is 77.0 cm³/mol. The topological polar surface area (TPSA) is 76.8 Å². The molecule has 0 aliphatic carbocycles. The van der Waals surface area contributed by atoms with E-state index in [4.69, 9.17) is 4.74 Å². The summed E-state index contributed by atoms with van der Waals surface area (Å²) >= 11 is 6.06. The number of alkyl halides is 2. The van der Waals surface area contributed by atoms with Crippen molar-refractivity contribution in [2.24, 2.45) is 16.8 Å². The van der Waals surface area contributed by atoms with Gasteiger partial charge in [0.15, 0.2) is 5.84 Å². The Morgan fingerprint density at radius 1 is 1.61 bits per heavy atom. The van der Waals surface area contributed by atoms with E-state index in [0.29, 0.717) is 31.5 Å². The Balaban J connectivity index is 2.74. The van der Waals surface area contributed by atoms with Crippen LogP contribution in [0.2, 0.25) is 0 Å². The van der Waals surface area contributed by atoms with E-state index in [1.165, 1.54) is 0 Å². The van der Waals surface area contributed by atoms with Gasteiger partial charge in [-0.3, -0.25) is 15.1 Å². The molecule has 2 atom stereocenters. The number of nitrogens with one attached hydrogen (secondary N) is 1. The lowest BCUT2D eigenvalue weighted by Gasteiger charge is -2.17. The van der Waals surface area contributed by atoms with Gasteiger partial charge in [-0.2, -0.15) is 0 Å². The normalized spacial score (nSPS) is 25.2. The maximum atomic E-state index is 11.0. The third kappa shape index (κ3) is 3.89. The molecule has 0 radical (unpaired) electrons. The fourth-order valence-corrected chi connectivity index (χ4v) is 2.19. The van der Waals surface area contributed by atoms with Crippen molar-refractivity contribution in [3.8, 4) is 0 Å². The molecule has 0 spiro atoms. The van der Waals surface area contributed by atoms with Gasteiger partial charge >= 0.3 is 3.36 Å². The van der Waals surface area contributed by atoms with Crippen LogP contribution in [0.5, 0.6) is 0 Å². The molecule has 1 rings (SSSR count). The summed E-state index contributed by atoms with van der Waals surface area (Å²) < 4.78 is 3.80. The molecule has 0 amide bonds. The molecule has 1 N–H and O–H groups in total. The summed E-state index contributed by atoms with van der Waals surface area (Å²) in [5, 5.41) is 13.9. The van der Waals surface area contributed by atoms with Crippen LogP contribution in [0.25, 0.3) is 0 Å². The van der Waals surface area contributed by atoms with Gasteiger partial charge in [0.25, 0.3) is 0 Å². The number of likely N-dealkylation sites (N-methyl/N-ethyl adjacent to an activating group) is 1. The fraction of sp³-hybridized carbons (Fsp3) is 0.900. The highest BCUT2D eigenvalue weighted by Crippen LogP contribution is 2.28. The summed E-state index contributed by atoms with van der Waals surface area (Å²) in [7, 11) is 0. The molecule has 104 valence electrons. The first-order valence-corrected chi connectivity index (χ1v) is 7.37. The van der Waals surface area contributed by atoms with Gasteiger partial charge in [0.2, 0.25) is 0 Å². The molecule has 18 heavy (non-hydrogen) atoms. The molecule has 1 aliphatic rings. The van der Waals surface area contributed by atoms with Crippen LogP contribution in [0.1, 0.15) is 13.8 Å². The van der Waals surface area contributed by atoms with Gasteiger partial charge in [0, 0.05) is 57.5 Å². The van der Waals surface area contributed by atoms with Gasteiger partial charge in [0.1, 0.15) is 0 Å². The SMILES string of the molecule is CCNC(=NCC1COCC1C)C(Br)(Br)[N+](=O)[O-]. The van der Waals surface area contributed by atoms with Gasteiger partial charge < -0.3 is 10.1 Å². The molecular formula is C10H17Br2N3O3. The molecule has 1 aliphatic heterocycles. The third-order valence-corrected chi connectivity index (χ3v) is 4.19. The van der Waals surface area contributed by atoms with Gasteiger partial charge in [0.05, 0.1) is 11.5 Å². The monoisotopic (exact) mass is 385 g/mol. The number of nitro groups is 1. The first kappa shape index (κ1) is 15.8. The van der Waals surface area contributed by atoms with Crippen molar-refractivity contribution < 1.29 is 9.66 Å². The Morgan fingerprint density at radius 3 is 2.72 bits per heavy atom. The molecule has 2 unspecified atom stereocenters. The summed E-state index contributed by atoms with van der Waals surface area (Å²) in [6, 6.07) is 0. The zero-order valence-corrected chi connectivity index (χ0v) is 13.5. The van der Waals surface area contributed by atoms with Crippen molar-refractivity contribution in [3.63, 3.8) is 0 Å². The zero-order valence-electron chi connectivity index (χ0n) is 10.4. The summed E-state index contributed by atoms with van der Waals surface area (Å²) in [5.74, 6) is 1.04. The van der Waals surface area contributed by atoms with Gasteiger partial charge in [-0.1, -0.05) is 6.92 Å². The smallest absolute Gasteiger partial charge is 0.381 e. The Labute approximate surface area is 123 Å². The number of ether oxygens (including phenoxy) is 1. The van der Waals surface area contributed by atoms with Crippen molar-refractivity contribution in [3.05, 3.63) is 10.1 Å². The van der Waals surface area contributed by atoms with Crippen LogP contribution >= 0.6 is 31.9 Å². The number of hydrogen-bond acceptors (Lipinski definition) is 4. The number of aliphatic imine (C=N–C) groups is 1. The zero-order chi connectivity index (χ0) is 13.8. The number of rotatable bonds is 5. The standard InChI is InChI=1S/C10H17Br2N3O3/c1-3-13-9(10(11,12)15(16)17)14-4-8-6-18-5-7(8)2/h7-8H,3-6H2,1-2H3,(H,13,14). The summed E-state index contributed by atoms with van der Waals surface area (Å²) in [6.07, 6.45) is 0. The van der Waals surface area contributed by atoms with Gasteiger partial charge in [-0.25, -0.2) is 0 Å². The molecule has 1 fully saturated rings. The number of hydrogen-bond donors (Lipinski definition) is 1. The minimum Gasteiger partial charge on any atom is -0.381 e. The minimum atomic E-state index is -1.54. The highest BCUT2D eigenvalue weighted by molar-refractivity contribution is 9.25. The second-order valence-electron chi connectivity index (χ2n) is 4.29. The summed E-state index contributed by atoms with van der Waals surface area (Å²) in [5.41, 5.74) is 0. The molecule has 0 bridgehead atoms. The molecule has 6 nitrogen and oxygen atoms in total. The molecule has 0 aromatic rings. The molecule has 0 aromatic carbocycles. The van der Waals surface area contributed by atoms with Crippen molar-refractivity contribution >= 4 is 37.7 Å². The van der Waals surface area contributed by atoms with Crippen molar-refractivity contribution in [1.82, 2.24) is 5.32 Å². The summed E-state index contributed by atoms with van der Waals surface area (Å²) in [6.45, 7) is 6.47. The van der Waals surface area contributed by atoms with E-state index < -0.39 is 8.28 Å². The Kier molecular flexibility index (Phi) is 6.00. The van der Waals surface area contributed by atoms with E-state index in [-0.39, 0.29) is 5.84 Å². The third-order valence-electron chi connectivity index (χ3n) is 2.86. The lowest BCUT2D eigenvalue weighted by atomic mass is 9.99. The van der Waals surface area contributed by atoms with Crippen molar-refractivity contribution in [1.29, 1.82) is 0 Å². The minimum absolute atomic E-state index is 0.286. The quantitative estimate of drug-likeness (QED) is 0.196. The van der Waals surface area contributed by atoms with Crippen molar-refractivity contribution in [2.75, 3.05) is 26.3 Å². The van der Waals surface area contributed by atoms with Crippen LogP contribution in [-0.4, -0.2) is 40.4 Å².